The van der Waals surface area contributed by atoms with Gasteiger partial charge in [0.2, 0.25) is 0 Å². The topological polar surface area (TPSA) is 97.7 Å². The van der Waals surface area contributed by atoms with E-state index in [-0.39, 0.29) is 11.9 Å². The first-order chi connectivity index (χ1) is 16.1. The van der Waals surface area contributed by atoms with Crippen LogP contribution in [0.2, 0.25) is 0 Å². The monoisotopic (exact) mass is 451 g/mol. The summed E-state index contributed by atoms with van der Waals surface area (Å²) in [6, 6.07) is 10.5. The Bertz CT molecular complexity index is 1110. The molecular weight excluding hydrogens is 422 g/mol. The standard InChI is InChI=1S/C24H29N5O4/c1-32-19-13-18(14-20(15-19)33-2)27-24(31)25-8-11-29-16-26-21-12-17(6-7-22(21)29)23(30)28-9-4-3-5-10-28/h6-7,12-16H,3-5,8-11H2,1-2H3,(H2,25,27,31). The highest BCUT2D eigenvalue weighted by Crippen LogP contribution is 2.25. The van der Waals surface area contributed by atoms with E-state index in [1.807, 2.05) is 27.7 Å². The number of likely N-dealkylation sites (tertiary alicyclic amines) is 1. The molecule has 0 saturated carbocycles. The highest BCUT2D eigenvalue weighted by atomic mass is 16.5. The Balaban J connectivity index is 1.34. The van der Waals surface area contributed by atoms with Crippen molar-refractivity contribution >= 4 is 28.7 Å². The first-order valence-corrected chi connectivity index (χ1v) is 11.1. The summed E-state index contributed by atoms with van der Waals surface area (Å²) in [5, 5.41) is 5.62. The second kappa shape index (κ2) is 10.2. The number of urea groups is 1. The average molecular weight is 452 g/mol. The van der Waals surface area contributed by atoms with Crippen LogP contribution in [0.3, 0.4) is 0 Å². The summed E-state index contributed by atoms with van der Waals surface area (Å²) in [5.74, 6) is 1.25. The molecule has 174 valence electrons. The number of carbonyl (C=O) groups excluding carboxylic acids is 2. The number of nitrogens with zero attached hydrogens (tertiary/aromatic N) is 3. The van der Waals surface area contributed by atoms with Crippen molar-refractivity contribution in [1.82, 2.24) is 19.8 Å². The van der Waals surface area contributed by atoms with Crippen molar-refractivity contribution < 1.29 is 19.1 Å². The van der Waals surface area contributed by atoms with Gasteiger partial charge in [0, 0.05) is 55.6 Å². The number of carbonyl (C=O) groups is 2. The minimum atomic E-state index is -0.329. The number of fused-ring (bicyclic) bond motifs is 1. The van der Waals surface area contributed by atoms with Crippen molar-refractivity contribution in [2.24, 2.45) is 0 Å². The number of methoxy groups -OCH3 is 2. The first kappa shape index (κ1) is 22.4. The van der Waals surface area contributed by atoms with E-state index >= 15 is 0 Å². The number of ether oxygens (including phenoxy) is 2. The molecule has 2 heterocycles. The van der Waals surface area contributed by atoms with Crippen molar-refractivity contribution in [3.8, 4) is 11.5 Å². The van der Waals surface area contributed by atoms with Gasteiger partial charge >= 0.3 is 6.03 Å². The van der Waals surface area contributed by atoms with Crippen LogP contribution in [-0.4, -0.2) is 60.2 Å². The van der Waals surface area contributed by atoms with E-state index in [1.165, 1.54) is 6.42 Å². The van der Waals surface area contributed by atoms with Gasteiger partial charge in [-0.1, -0.05) is 0 Å². The van der Waals surface area contributed by atoms with Gasteiger partial charge in [0.1, 0.15) is 11.5 Å². The summed E-state index contributed by atoms with van der Waals surface area (Å²) >= 11 is 0. The van der Waals surface area contributed by atoms with Gasteiger partial charge in [0.25, 0.3) is 5.91 Å². The summed E-state index contributed by atoms with van der Waals surface area (Å²) in [6.07, 6.45) is 5.04. The molecule has 3 aromatic rings. The van der Waals surface area contributed by atoms with Crippen molar-refractivity contribution in [3.05, 3.63) is 48.3 Å². The van der Waals surface area contributed by atoms with Gasteiger partial charge in [-0.15, -0.1) is 0 Å². The van der Waals surface area contributed by atoms with Gasteiger partial charge in [-0.2, -0.15) is 0 Å². The number of hydrogen-bond donors (Lipinski definition) is 2. The Hall–Kier alpha value is -3.75. The highest BCUT2D eigenvalue weighted by molar-refractivity contribution is 5.97. The number of aromatic nitrogens is 2. The van der Waals surface area contributed by atoms with E-state index in [2.05, 4.69) is 15.6 Å². The molecule has 9 heteroatoms. The van der Waals surface area contributed by atoms with Crippen LogP contribution in [0.4, 0.5) is 10.5 Å². The highest BCUT2D eigenvalue weighted by Gasteiger charge is 2.19. The molecule has 1 aliphatic rings. The lowest BCUT2D eigenvalue weighted by atomic mass is 10.1. The normalized spacial score (nSPS) is 13.6. The Morgan fingerprint density at radius 2 is 1.73 bits per heavy atom. The van der Waals surface area contributed by atoms with Crippen LogP contribution in [0.25, 0.3) is 11.0 Å². The molecule has 0 spiro atoms. The van der Waals surface area contributed by atoms with Gasteiger partial charge in [0.15, 0.2) is 0 Å². The molecule has 1 aromatic heterocycles. The fraction of sp³-hybridized carbons (Fsp3) is 0.375. The van der Waals surface area contributed by atoms with E-state index in [0.717, 1.165) is 37.0 Å². The molecule has 4 rings (SSSR count). The molecule has 0 bridgehead atoms. The quantitative estimate of drug-likeness (QED) is 0.573. The number of benzene rings is 2. The zero-order chi connectivity index (χ0) is 23.2. The lowest BCUT2D eigenvalue weighted by molar-refractivity contribution is 0.0724. The van der Waals surface area contributed by atoms with Crippen LogP contribution < -0.4 is 20.1 Å². The molecule has 0 atom stereocenters. The fourth-order valence-electron chi connectivity index (χ4n) is 4.00. The minimum absolute atomic E-state index is 0.0682. The Morgan fingerprint density at radius 1 is 1.00 bits per heavy atom. The second-order valence-corrected chi connectivity index (χ2v) is 7.98. The largest absolute Gasteiger partial charge is 0.497 e. The van der Waals surface area contributed by atoms with Gasteiger partial charge in [-0.3, -0.25) is 4.79 Å². The third-order valence-electron chi connectivity index (χ3n) is 5.76. The molecule has 0 unspecified atom stereocenters. The molecule has 33 heavy (non-hydrogen) atoms. The van der Waals surface area contributed by atoms with E-state index < -0.39 is 0 Å². The van der Waals surface area contributed by atoms with E-state index in [1.54, 1.807) is 38.7 Å². The fourth-order valence-corrected chi connectivity index (χ4v) is 4.00. The predicted molar refractivity (Wildman–Crippen MR) is 126 cm³/mol. The van der Waals surface area contributed by atoms with Crippen LogP contribution in [0.5, 0.6) is 11.5 Å². The molecule has 9 nitrogen and oxygen atoms in total. The second-order valence-electron chi connectivity index (χ2n) is 7.98. The molecule has 0 radical (unpaired) electrons. The molecule has 0 aliphatic carbocycles. The number of nitrogens with one attached hydrogen (secondary N) is 2. The lowest BCUT2D eigenvalue weighted by Gasteiger charge is -2.26. The third-order valence-corrected chi connectivity index (χ3v) is 5.76. The third kappa shape index (κ3) is 5.36. The smallest absolute Gasteiger partial charge is 0.319 e. The van der Waals surface area contributed by atoms with E-state index in [0.29, 0.717) is 35.8 Å². The first-order valence-electron chi connectivity index (χ1n) is 11.1. The molecule has 1 saturated heterocycles. The van der Waals surface area contributed by atoms with Crippen molar-refractivity contribution in [1.29, 1.82) is 0 Å². The van der Waals surface area contributed by atoms with Crippen LogP contribution in [-0.2, 0) is 6.54 Å². The Kier molecular flexibility index (Phi) is 6.97. The zero-order valence-electron chi connectivity index (χ0n) is 19.0. The van der Waals surface area contributed by atoms with Crippen molar-refractivity contribution in [2.45, 2.75) is 25.8 Å². The summed E-state index contributed by atoms with van der Waals surface area (Å²) in [4.78, 5) is 31.4. The lowest BCUT2D eigenvalue weighted by Crippen LogP contribution is -2.35. The predicted octanol–water partition coefficient (Wildman–Crippen LogP) is 3.50. The number of amides is 3. The molecule has 3 amide bonds. The summed E-state index contributed by atoms with van der Waals surface area (Å²) in [5.41, 5.74) is 2.93. The summed E-state index contributed by atoms with van der Waals surface area (Å²) in [6.45, 7) is 2.60. The molecule has 2 N–H and O–H groups in total. The number of imidazole rings is 1. The number of anilines is 1. The molecule has 1 fully saturated rings. The van der Waals surface area contributed by atoms with Gasteiger partial charge in [0.05, 0.1) is 31.6 Å². The summed E-state index contributed by atoms with van der Waals surface area (Å²) in [7, 11) is 3.11. The van der Waals surface area contributed by atoms with E-state index in [4.69, 9.17) is 9.47 Å². The maximum absolute atomic E-state index is 12.7. The SMILES string of the molecule is COc1cc(NC(=O)NCCn2cnc3cc(C(=O)N4CCCCC4)ccc32)cc(OC)c1. The van der Waals surface area contributed by atoms with E-state index in [9.17, 15) is 9.59 Å². The van der Waals surface area contributed by atoms with Crippen LogP contribution in [0.15, 0.2) is 42.7 Å². The maximum atomic E-state index is 12.7. The van der Waals surface area contributed by atoms with Gasteiger partial charge in [-0.25, -0.2) is 9.78 Å². The van der Waals surface area contributed by atoms with Crippen molar-refractivity contribution in [3.63, 3.8) is 0 Å². The van der Waals surface area contributed by atoms with Gasteiger partial charge < -0.3 is 29.6 Å². The number of piperidine rings is 1. The van der Waals surface area contributed by atoms with Crippen LogP contribution >= 0.6 is 0 Å². The van der Waals surface area contributed by atoms with Crippen LogP contribution in [0.1, 0.15) is 29.6 Å². The Labute approximate surface area is 192 Å². The maximum Gasteiger partial charge on any atom is 0.319 e. The zero-order valence-corrected chi connectivity index (χ0v) is 19.0. The number of rotatable bonds is 7. The molecular formula is C24H29N5O4. The summed E-state index contributed by atoms with van der Waals surface area (Å²) < 4.78 is 12.4. The van der Waals surface area contributed by atoms with Crippen LogP contribution in [0, 0.1) is 0 Å². The van der Waals surface area contributed by atoms with Crippen molar-refractivity contribution in [2.75, 3.05) is 39.2 Å². The number of hydrogen-bond acceptors (Lipinski definition) is 5. The Morgan fingerprint density at radius 3 is 2.42 bits per heavy atom. The minimum Gasteiger partial charge on any atom is -0.497 e. The average Bonchev–Trinajstić information content (AvgIpc) is 3.26. The van der Waals surface area contributed by atoms with Gasteiger partial charge in [-0.05, 0) is 37.5 Å². The molecule has 2 aromatic carbocycles. The molecule has 1 aliphatic heterocycles.